The van der Waals surface area contributed by atoms with Crippen molar-refractivity contribution in [1.29, 1.82) is 0 Å². The van der Waals surface area contributed by atoms with E-state index in [4.69, 9.17) is 0 Å². The average Bonchev–Trinajstić information content (AvgIpc) is 3.23. The van der Waals surface area contributed by atoms with Gasteiger partial charge in [-0.15, -0.1) is 11.3 Å². The Balaban J connectivity index is 1.97. The van der Waals surface area contributed by atoms with Crippen LogP contribution in [0.5, 0.6) is 0 Å². The van der Waals surface area contributed by atoms with Gasteiger partial charge < -0.3 is 5.32 Å². The number of nitrogens with zero attached hydrogens (tertiary/aromatic N) is 1. The normalized spacial score (nSPS) is 21.1. The standard InChI is InChI=1S/C17H14F3N3O3S/c1-10(11-6-3-2-4-7-11)23-14(25)16(17(18,19)20,22-15(23)26)21-13(24)12-8-5-9-27-12/h2-10H,1H3,(H,21,24)(H,22,26). The lowest BCUT2D eigenvalue weighted by Gasteiger charge is -2.30. The summed E-state index contributed by atoms with van der Waals surface area (Å²) in [6, 6.07) is 8.76. The van der Waals surface area contributed by atoms with Gasteiger partial charge in [0, 0.05) is 0 Å². The highest BCUT2D eigenvalue weighted by atomic mass is 32.1. The third kappa shape index (κ3) is 3.16. The first kappa shape index (κ1) is 18.9. The van der Waals surface area contributed by atoms with E-state index in [1.54, 1.807) is 41.0 Å². The summed E-state index contributed by atoms with van der Waals surface area (Å²) < 4.78 is 41.4. The maximum atomic E-state index is 13.8. The predicted octanol–water partition coefficient (Wildman–Crippen LogP) is 3.05. The summed E-state index contributed by atoms with van der Waals surface area (Å²) in [7, 11) is 0. The monoisotopic (exact) mass is 397 g/mol. The van der Waals surface area contributed by atoms with Crippen molar-refractivity contribution in [2.24, 2.45) is 0 Å². The van der Waals surface area contributed by atoms with Crippen molar-refractivity contribution >= 4 is 29.2 Å². The van der Waals surface area contributed by atoms with Gasteiger partial charge in [-0.25, -0.2) is 4.79 Å². The smallest absolute Gasteiger partial charge is 0.313 e. The van der Waals surface area contributed by atoms with E-state index in [1.165, 1.54) is 24.4 Å². The van der Waals surface area contributed by atoms with Crippen LogP contribution in [0.2, 0.25) is 0 Å². The molecule has 1 aliphatic heterocycles. The minimum atomic E-state index is -5.24. The highest BCUT2D eigenvalue weighted by molar-refractivity contribution is 7.12. The number of benzene rings is 1. The topological polar surface area (TPSA) is 78.5 Å². The first-order chi connectivity index (χ1) is 12.7. The maximum absolute atomic E-state index is 13.8. The second kappa shape index (κ2) is 6.69. The fourth-order valence-electron chi connectivity index (χ4n) is 2.77. The molecule has 3 rings (SSSR count). The Morgan fingerprint density at radius 3 is 2.41 bits per heavy atom. The van der Waals surface area contributed by atoms with Gasteiger partial charge in [0.2, 0.25) is 0 Å². The van der Waals surface area contributed by atoms with Gasteiger partial charge in [0.15, 0.2) is 0 Å². The summed E-state index contributed by atoms with van der Waals surface area (Å²) in [5, 5.41) is 4.82. The molecule has 1 aromatic carbocycles. The SMILES string of the molecule is CC(c1ccccc1)N1C(=O)NC(NC(=O)c2cccs2)(C(F)(F)F)C1=O. The van der Waals surface area contributed by atoms with Crippen LogP contribution in [0.15, 0.2) is 47.8 Å². The molecule has 1 saturated heterocycles. The van der Waals surface area contributed by atoms with Crippen LogP contribution in [0, 0.1) is 0 Å². The van der Waals surface area contributed by atoms with E-state index in [-0.39, 0.29) is 4.88 Å². The molecule has 2 atom stereocenters. The minimum Gasteiger partial charge on any atom is -0.313 e. The van der Waals surface area contributed by atoms with Gasteiger partial charge >= 0.3 is 12.2 Å². The van der Waals surface area contributed by atoms with E-state index in [0.29, 0.717) is 10.5 Å². The Hall–Kier alpha value is -2.88. The highest BCUT2D eigenvalue weighted by Gasteiger charge is 2.69. The molecule has 2 aromatic rings. The number of amides is 4. The largest absolute Gasteiger partial charge is 0.440 e. The van der Waals surface area contributed by atoms with Crippen LogP contribution in [0.1, 0.15) is 28.2 Å². The molecular weight excluding hydrogens is 383 g/mol. The van der Waals surface area contributed by atoms with E-state index < -0.39 is 35.7 Å². The molecule has 27 heavy (non-hydrogen) atoms. The van der Waals surface area contributed by atoms with E-state index in [0.717, 1.165) is 11.3 Å². The van der Waals surface area contributed by atoms with Crippen LogP contribution >= 0.6 is 11.3 Å². The fourth-order valence-corrected chi connectivity index (χ4v) is 3.39. The molecule has 2 unspecified atom stereocenters. The Bertz CT molecular complexity index is 871. The second-order valence-electron chi connectivity index (χ2n) is 5.87. The third-order valence-corrected chi connectivity index (χ3v) is 5.06. The van der Waals surface area contributed by atoms with Gasteiger partial charge in [0.25, 0.3) is 17.5 Å². The number of urea groups is 1. The van der Waals surface area contributed by atoms with Crippen molar-refractivity contribution in [3.05, 3.63) is 58.3 Å². The summed E-state index contributed by atoms with van der Waals surface area (Å²) in [6.45, 7) is 1.43. The Kier molecular flexibility index (Phi) is 4.68. The van der Waals surface area contributed by atoms with Crippen molar-refractivity contribution in [2.75, 3.05) is 0 Å². The lowest BCUT2D eigenvalue weighted by atomic mass is 10.1. The van der Waals surface area contributed by atoms with Crippen LogP contribution in [0.25, 0.3) is 0 Å². The van der Waals surface area contributed by atoms with Crippen molar-refractivity contribution in [2.45, 2.75) is 24.8 Å². The number of carbonyl (C=O) groups excluding carboxylic acids is 3. The zero-order valence-electron chi connectivity index (χ0n) is 13.9. The molecule has 0 radical (unpaired) electrons. The van der Waals surface area contributed by atoms with Crippen molar-refractivity contribution in [3.63, 3.8) is 0 Å². The molecule has 2 N–H and O–H groups in total. The van der Waals surface area contributed by atoms with Gasteiger partial charge in [0.05, 0.1) is 10.9 Å². The highest BCUT2D eigenvalue weighted by Crippen LogP contribution is 2.37. The number of hydrogen-bond donors (Lipinski definition) is 2. The average molecular weight is 397 g/mol. The molecular formula is C17H14F3N3O3S. The van der Waals surface area contributed by atoms with E-state index in [2.05, 4.69) is 0 Å². The van der Waals surface area contributed by atoms with Gasteiger partial charge in [-0.1, -0.05) is 36.4 Å². The maximum Gasteiger partial charge on any atom is 0.440 e. The second-order valence-corrected chi connectivity index (χ2v) is 6.82. The summed E-state index contributed by atoms with van der Waals surface area (Å²) in [5.41, 5.74) is -3.04. The number of imide groups is 1. The number of rotatable bonds is 4. The zero-order chi connectivity index (χ0) is 19.8. The molecule has 0 spiro atoms. The minimum absolute atomic E-state index is 0.0183. The van der Waals surface area contributed by atoms with Crippen molar-refractivity contribution in [1.82, 2.24) is 15.5 Å². The molecule has 10 heteroatoms. The van der Waals surface area contributed by atoms with Gasteiger partial charge in [-0.05, 0) is 23.9 Å². The molecule has 2 heterocycles. The zero-order valence-corrected chi connectivity index (χ0v) is 14.7. The number of hydrogen-bond acceptors (Lipinski definition) is 4. The number of halogens is 3. The van der Waals surface area contributed by atoms with Gasteiger partial charge in [-0.3, -0.25) is 19.8 Å². The Labute approximate surface area is 156 Å². The summed E-state index contributed by atoms with van der Waals surface area (Å²) in [5.74, 6) is -2.69. The number of alkyl halides is 3. The molecule has 1 fully saturated rings. The molecule has 1 aliphatic rings. The summed E-state index contributed by atoms with van der Waals surface area (Å²) >= 11 is 0.913. The van der Waals surface area contributed by atoms with Crippen LogP contribution in [-0.4, -0.2) is 34.6 Å². The molecule has 0 bridgehead atoms. The summed E-state index contributed by atoms with van der Waals surface area (Å²) in [6.07, 6.45) is -5.24. The fraction of sp³-hybridized carbons (Fsp3) is 0.235. The number of nitrogens with one attached hydrogen (secondary N) is 2. The molecule has 0 saturated carbocycles. The number of carbonyl (C=O) groups is 3. The first-order valence-corrected chi connectivity index (χ1v) is 8.69. The van der Waals surface area contributed by atoms with Crippen LogP contribution in [0.3, 0.4) is 0 Å². The summed E-state index contributed by atoms with van der Waals surface area (Å²) in [4.78, 5) is 37.6. The van der Waals surface area contributed by atoms with E-state index >= 15 is 0 Å². The molecule has 0 aliphatic carbocycles. The Morgan fingerprint density at radius 1 is 1.19 bits per heavy atom. The van der Waals surface area contributed by atoms with Crippen molar-refractivity contribution < 1.29 is 27.6 Å². The molecule has 142 valence electrons. The van der Waals surface area contributed by atoms with E-state index in [9.17, 15) is 27.6 Å². The number of thiophene rings is 1. The molecule has 1 aromatic heterocycles. The molecule has 4 amide bonds. The quantitative estimate of drug-likeness (QED) is 0.779. The third-order valence-electron chi connectivity index (χ3n) is 4.19. The van der Waals surface area contributed by atoms with E-state index in [1.807, 2.05) is 0 Å². The van der Waals surface area contributed by atoms with Crippen LogP contribution in [0.4, 0.5) is 18.0 Å². The van der Waals surface area contributed by atoms with Crippen LogP contribution in [-0.2, 0) is 4.79 Å². The lowest BCUT2D eigenvalue weighted by Crippen LogP contribution is -2.69. The Morgan fingerprint density at radius 2 is 1.85 bits per heavy atom. The van der Waals surface area contributed by atoms with Gasteiger partial charge in [0.1, 0.15) is 0 Å². The predicted molar refractivity (Wildman–Crippen MR) is 90.8 cm³/mol. The van der Waals surface area contributed by atoms with Gasteiger partial charge in [-0.2, -0.15) is 13.2 Å². The van der Waals surface area contributed by atoms with Crippen molar-refractivity contribution in [3.8, 4) is 0 Å². The lowest BCUT2D eigenvalue weighted by molar-refractivity contribution is -0.200. The molecule has 6 nitrogen and oxygen atoms in total. The van der Waals surface area contributed by atoms with Crippen LogP contribution < -0.4 is 10.6 Å². The first-order valence-electron chi connectivity index (χ1n) is 7.81.